The molecule has 8 heteroatoms. The number of sulfonamides is 1. The maximum absolute atomic E-state index is 12.5. The zero-order valence-electron chi connectivity index (χ0n) is 11.4. The summed E-state index contributed by atoms with van der Waals surface area (Å²) in [6.07, 6.45) is 2.36. The maximum Gasteiger partial charge on any atom is 0.246 e. The molecule has 1 atom stereocenters. The number of nitrogens with zero attached hydrogens (tertiary/aromatic N) is 3. The van der Waals surface area contributed by atoms with Crippen LogP contribution in [0.2, 0.25) is 10.3 Å². The quantitative estimate of drug-likeness (QED) is 0.798. The van der Waals surface area contributed by atoms with Crippen molar-refractivity contribution in [1.82, 2.24) is 14.3 Å². The van der Waals surface area contributed by atoms with Crippen LogP contribution in [0.4, 0.5) is 0 Å². The predicted octanol–water partition coefficient (Wildman–Crippen LogP) is 3.17. The molecule has 0 radical (unpaired) electrons. The van der Waals surface area contributed by atoms with Crippen molar-refractivity contribution in [2.75, 3.05) is 7.05 Å². The molecule has 0 aliphatic carbocycles. The standard InChI is InChI=1S/C13H13Cl2N3O2S/c1-9(11-5-3-4-6-12(11)14)18(2)21(19,20)10-7-16-13(15)17-8-10/h3-9H,1-2H3. The van der Waals surface area contributed by atoms with E-state index < -0.39 is 16.1 Å². The summed E-state index contributed by atoms with van der Waals surface area (Å²) in [5, 5.41) is 0.509. The molecule has 1 aromatic carbocycles. The van der Waals surface area contributed by atoms with Crippen LogP contribution in [0.1, 0.15) is 18.5 Å². The minimum absolute atomic E-state index is 0.00393. The Hall–Kier alpha value is -1.21. The summed E-state index contributed by atoms with van der Waals surface area (Å²) in [5.74, 6) is 0. The number of halogens is 2. The van der Waals surface area contributed by atoms with Gasteiger partial charge in [-0.05, 0) is 30.2 Å². The number of hydrogen-bond acceptors (Lipinski definition) is 4. The molecule has 2 aromatic rings. The fraction of sp³-hybridized carbons (Fsp3) is 0.231. The molecule has 1 heterocycles. The highest BCUT2D eigenvalue weighted by atomic mass is 35.5. The molecule has 0 amide bonds. The average molecular weight is 346 g/mol. The van der Waals surface area contributed by atoms with Crippen LogP contribution < -0.4 is 0 Å². The highest BCUT2D eigenvalue weighted by molar-refractivity contribution is 7.89. The van der Waals surface area contributed by atoms with Crippen molar-refractivity contribution in [3.05, 3.63) is 52.5 Å². The lowest BCUT2D eigenvalue weighted by molar-refractivity contribution is 0.398. The lowest BCUT2D eigenvalue weighted by atomic mass is 10.1. The zero-order valence-corrected chi connectivity index (χ0v) is 13.7. The van der Waals surface area contributed by atoms with Crippen molar-refractivity contribution in [3.63, 3.8) is 0 Å². The molecule has 0 aliphatic rings. The van der Waals surface area contributed by atoms with E-state index in [4.69, 9.17) is 23.2 Å². The van der Waals surface area contributed by atoms with Gasteiger partial charge < -0.3 is 0 Å². The molecule has 0 saturated carbocycles. The first-order valence-electron chi connectivity index (χ1n) is 6.04. The third kappa shape index (κ3) is 3.35. The maximum atomic E-state index is 12.5. The van der Waals surface area contributed by atoms with E-state index in [1.807, 2.05) is 6.07 Å². The van der Waals surface area contributed by atoms with Gasteiger partial charge in [-0.3, -0.25) is 0 Å². The summed E-state index contributed by atoms with van der Waals surface area (Å²) in [6, 6.07) is 6.68. The van der Waals surface area contributed by atoms with Crippen LogP contribution in [0.15, 0.2) is 41.6 Å². The summed E-state index contributed by atoms with van der Waals surface area (Å²) in [7, 11) is -2.24. The lowest BCUT2D eigenvalue weighted by Crippen LogP contribution is -2.30. The van der Waals surface area contributed by atoms with Gasteiger partial charge in [-0.2, -0.15) is 4.31 Å². The SMILES string of the molecule is CC(c1ccccc1Cl)N(C)S(=O)(=O)c1cnc(Cl)nc1. The van der Waals surface area contributed by atoms with E-state index in [1.54, 1.807) is 25.1 Å². The van der Waals surface area contributed by atoms with Gasteiger partial charge in [-0.1, -0.05) is 29.8 Å². The molecule has 2 rings (SSSR count). The van der Waals surface area contributed by atoms with Crippen molar-refractivity contribution >= 4 is 33.2 Å². The summed E-state index contributed by atoms with van der Waals surface area (Å²) in [4.78, 5) is 7.38. The van der Waals surface area contributed by atoms with Crippen LogP contribution in [0.5, 0.6) is 0 Å². The van der Waals surface area contributed by atoms with Crippen molar-refractivity contribution < 1.29 is 8.42 Å². The molecule has 0 fully saturated rings. The summed E-state index contributed by atoms with van der Waals surface area (Å²) in [5.41, 5.74) is 0.722. The second-order valence-electron chi connectivity index (χ2n) is 4.41. The van der Waals surface area contributed by atoms with Gasteiger partial charge in [0.25, 0.3) is 0 Å². The van der Waals surface area contributed by atoms with Crippen molar-refractivity contribution in [1.29, 1.82) is 0 Å². The van der Waals surface area contributed by atoms with Gasteiger partial charge in [0.2, 0.25) is 15.3 Å². The second-order valence-corrected chi connectivity index (χ2v) is 7.15. The normalized spacial score (nSPS) is 13.4. The molecule has 0 spiro atoms. The molecule has 0 N–H and O–H groups in total. The molecule has 0 aliphatic heterocycles. The van der Waals surface area contributed by atoms with E-state index in [0.29, 0.717) is 5.02 Å². The van der Waals surface area contributed by atoms with E-state index in [9.17, 15) is 8.42 Å². The van der Waals surface area contributed by atoms with E-state index >= 15 is 0 Å². The number of rotatable bonds is 4. The Balaban J connectivity index is 2.36. The zero-order chi connectivity index (χ0) is 15.6. The lowest BCUT2D eigenvalue weighted by Gasteiger charge is -2.25. The molecule has 1 aromatic heterocycles. The fourth-order valence-electron chi connectivity index (χ4n) is 1.82. The van der Waals surface area contributed by atoms with Crippen LogP contribution in [0, 0.1) is 0 Å². The Kier molecular flexibility index (Phi) is 4.83. The molecule has 0 saturated heterocycles. The minimum Gasteiger partial charge on any atom is -0.225 e. The first-order valence-corrected chi connectivity index (χ1v) is 8.23. The monoisotopic (exact) mass is 345 g/mol. The van der Waals surface area contributed by atoms with Crippen molar-refractivity contribution in [2.45, 2.75) is 17.9 Å². The molecule has 0 bridgehead atoms. The predicted molar refractivity (Wildman–Crippen MR) is 81.9 cm³/mol. The van der Waals surface area contributed by atoms with Gasteiger partial charge in [-0.15, -0.1) is 0 Å². The Morgan fingerprint density at radius 3 is 2.29 bits per heavy atom. The first-order chi connectivity index (χ1) is 9.84. The van der Waals surface area contributed by atoms with E-state index in [-0.39, 0.29) is 10.2 Å². The van der Waals surface area contributed by atoms with E-state index in [2.05, 4.69) is 9.97 Å². The van der Waals surface area contributed by atoms with E-state index in [1.165, 1.54) is 23.7 Å². The number of hydrogen-bond donors (Lipinski definition) is 0. The molecular weight excluding hydrogens is 333 g/mol. The first kappa shape index (κ1) is 16.2. The third-order valence-electron chi connectivity index (χ3n) is 3.17. The minimum atomic E-state index is -3.73. The molecule has 21 heavy (non-hydrogen) atoms. The van der Waals surface area contributed by atoms with Gasteiger partial charge in [0.1, 0.15) is 4.90 Å². The van der Waals surface area contributed by atoms with Crippen molar-refractivity contribution in [3.8, 4) is 0 Å². The van der Waals surface area contributed by atoms with Gasteiger partial charge >= 0.3 is 0 Å². The van der Waals surface area contributed by atoms with Crippen molar-refractivity contribution in [2.24, 2.45) is 0 Å². The molecule has 5 nitrogen and oxygen atoms in total. The Bertz CT molecular complexity index is 735. The van der Waals surface area contributed by atoms with Crippen LogP contribution in [-0.4, -0.2) is 29.7 Å². The van der Waals surface area contributed by atoms with Crippen LogP contribution in [0.3, 0.4) is 0 Å². The summed E-state index contributed by atoms with van der Waals surface area (Å²) in [6.45, 7) is 1.76. The van der Waals surface area contributed by atoms with Gasteiger partial charge in [0, 0.05) is 18.1 Å². The highest BCUT2D eigenvalue weighted by Crippen LogP contribution is 2.29. The highest BCUT2D eigenvalue weighted by Gasteiger charge is 2.27. The smallest absolute Gasteiger partial charge is 0.225 e. The Labute approximate surface area is 133 Å². The van der Waals surface area contributed by atoms with Crippen LogP contribution >= 0.6 is 23.2 Å². The molecular formula is C13H13Cl2N3O2S. The second kappa shape index (κ2) is 6.27. The van der Waals surface area contributed by atoms with Gasteiger partial charge in [-0.25, -0.2) is 18.4 Å². The topological polar surface area (TPSA) is 63.2 Å². The average Bonchev–Trinajstić information content (AvgIpc) is 2.46. The summed E-state index contributed by atoms with van der Waals surface area (Å²) >= 11 is 11.7. The third-order valence-corrected chi connectivity index (χ3v) is 5.59. The molecule has 112 valence electrons. The Morgan fingerprint density at radius 2 is 1.71 bits per heavy atom. The number of aromatic nitrogens is 2. The van der Waals surface area contributed by atoms with Crippen LogP contribution in [-0.2, 0) is 10.0 Å². The van der Waals surface area contributed by atoms with E-state index in [0.717, 1.165) is 5.56 Å². The summed E-state index contributed by atoms with van der Waals surface area (Å²) < 4.78 is 26.3. The van der Waals surface area contributed by atoms with Gasteiger partial charge in [0.05, 0.1) is 12.4 Å². The fourth-order valence-corrected chi connectivity index (χ4v) is 3.44. The largest absolute Gasteiger partial charge is 0.246 e. The Morgan fingerprint density at radius 1 is 1.14 bits per heavy atom. The van der Waals surface area contributed by atoms with Gasteiger partial charge in [0.15, 0.2) is 0 Å². The molecule has 1 unspecified atom stereocenters. The number of benzene rings is 1. The van der Waals surface area contributed by atoms with Crippen LogP contribution in [0.25, 0.3) is 0 Å².